The molecular formula is C24H21N3O7S. The first-order chi connectivity index (χ1) is 16.7. The Hall–Kier alpha value is -4.22. The lowest BCUT2D eigenvalue weighted by atomic mass is 9.98. The van der Waals surface area contributed by atoms with E-state index in [2.05, 4.69) is 4.98 Å². The van der Waals surface area contributed by atoms with Crippen molar-refractivity contribution in [1.82, 2.24) is 4.98 Å². The smallest absolute Gasteiger partial charge is 0.300 e. The van der Waals surface area contributed by atoms with E-state index in [-0.39, 0.29) is 21.7 Å². The highest BCUT2D eigenvalue weighted by molar-refractivity contribution is 7.89. The van der Waals surface area contributed by atoms with E-state index in [1.807, 2.05) is 0 Å². The molecule has 0 aliphatic carbocycles. The van der Waals surface area contributed by atoms with Crippen molar-refractivity contribution >= 4 is 33.2 Å². The van der Waals surface area contributed by atoms with E-state index in [4.69, 9.17) is 14.6 Å². The van der Waals surface area contributed by atoms with E-state index in [1.54, 1.807) is 24.3 Å². The molecule has 1 atom stereocenters. The number of ketones is 1. The van der Waals surface area contributed by atoms with Gasteiger partial charge >= 0.3 is 0 Å². The number of pyridine rings is 1. The van der Waals surface area contributed by atoms with E-state index in [0.29, 0.717) is 17.2 Å². The van der Waals surface area contributed by atoms with Crippen LogP contribution in [-0.4, -0.2) is 44.4 Å². The standard InChI is InChI=1S/C24H21N3O7S/c1-33-18-11-6-14(13-19(18)34-2)22(28)20-21(17-5-3-4-12-26-17)27(24(30)23(20)29)15-7-9-16(10-8-15)35(25,31)32/h3-13,21,28H,1-2H3,(H2,25,31,32)/b22-20+. The van der Waals surface area contributed by atoms with Crippen LogP contribution >= 0.6 is 0 Å². The summed E-state index contributed by atoms with van der Waals surface area (Å²) < 4.78 is 33.8. The number of benzene rings is 2. The number of methoxy groups -OCH3 is 2. The fraction of sp³-hybridized carbons (Fsp3) is 0.125. The molecule has 180 valence electrons. The van der Waals surface area contributed by atoms with Gasteiger partial charge in [0.2, 0.25) is 10.0 Å². The number of primary sulfonamides is 1. The van der Waals surface area contributed by atoms with Crippen molar-refractivity contribution in [3.05, 3.63) is 83.7 Å². The Bertz CT molecular complexity index is 1440. The fourth-order valence-corrected chi connectivity index (χ4v) is 4.37. The van der Waals surface area contributed by atoms with Gasteiger partial charge in [-0.25, -0.2) is 13.6 Å². The first-order valence-corrected chi connectivity index (χ1v) is 11.8. The summed E-state index contributed by atoms with van der Waals surface area (Å²) in [4.78, 5) is 31.6. The van der Waals surface area contributed by atoms with Crippen LogP contribution < -0.4 is 19.5 Å². The summed E-state index contributed by atoms with van der Waals surface area (Å²) in [5, 5.41) is 16.4. The van der Waals surface area contributed by atoms with Crippen molar-refractivity contribution in [2.24, 2.45) is 5.14 Å². The zero-order valence-corrected chi connectivity index (χ0v) is 19.5. The second kappa shape index (κ2) is 9.20. The minimum absolute atomic E-state index is 0.155. The van der Waals surface area contributed by atoms with Crippen molar-refractivity contribution in [3.8, 4) is 11.5 Å². The van der Waals surface area contributed by atoms with E-state index >= 15 is 0 Å². The molecule has 1 amide bonds. The van der Waals surface area contributed by atoms with E-state index in [9.17, 15) is 23.1 Å². The number of sulfonamides is 1. The topological polar surface area (TPSA) is 149 Å². The number of aromatic nitrogens is 1. The van der Waals surface area contributed by atoms with Gasteiger partial charge in [-0.15, -0.1) is 0 Å². The molecule has 4 rings (SSSR count). The lowest BCUT2D eigenvalue weighted by Gasteiger charge is -2.24. The number of rotatable bonds is 6. The van der Waals surface area contributed by atoms with Gasteiger partial charge in [-0.05, 0) is 54.6 Å². The maximum absolute atomic E-state index is 13.2. The van der Waals surface area contributed by atoms with Gasteiger partial charge in [0.1, 0.15) is 11.8 Å². The number of anilines is 1. The number of ether oxygens (including phenoxy) is 2. The molecule has 1 aromatic heterocycles. The van der Waals surface area contributed by atoms with Gasteiger partial charge < -0.3 is 14.6 Å². The van der Waals surface area contributed by atoms with Crippen LogP contribution in [0.25, 0.3) is 5.76 Å². The third-order valence-electron chi connectivity index (χ3n) is 5.51. The molecule has 1 aliphatic heterocycles. The van der Waals surface area contributed by atoms with Crippen LogP contribution in [-0.2, 0) is 19.6 Å². The number of nitrogens with zero attached hydrogens (tertiary/aromatic N) is 2. The van der Waals surface area contributed by atoms with E-state index < -0.39 is 33.5 Å². The average Bonchev–Trinajstić information content (AvgIpc) is 3.13. The second-order valence-corrected chi connectivity index (χ2v) is 9.09. The van der Waals surface area contributed by atoms with Crippen molar-refractivity contribution in [2.75, 3.05) is 19.1 Å². The maximum Gasteiger partial charge on any atom is 0.300 e. The number of amides is 1. The van der Waals surface area contributed by atoms with Gasteiger partial charge in [-0.1, -0.05) is 6.07 Å². The van der Waals surface area contributed by atoms with Gasteiger partial charge in [-0.2, -0.15) is 0 Å². The molecule has 1 unspecified atom stereocenters. The summed E-state index contributed by atoms with van der Waals surface area (Å²) in [6, 6.07) is 13.6. The molecule has 3 N–H and O–H groups in total. The second-order valence-electron chi connectivity index (χ2n) is 7.53. The lowest BCUT2D eigenvalue weighted by Crippen LogP contribution is -2.29. The van der Waals surface area contributed by atoms with Crippen molar-refractivity contribution < 1.29 is 32.6 Å². The van der Waals surface area contributed by atoms with Crippen molar-refractivity contribution in [3.63, 3.8) is 0 Å². The Morgan fingerprint density at radius 3 is 2.26 bits per heavy atom. The highest BCUT2D eigenvalue weighted by Crippen LogP contribution is 2.42. The predicted molar refractivity (Wildman–Crippen MR) is 126 cm³/mol. The molecule has 3 aromatic rings. The molecule has 10 nitrogen and oxygen atoms in total. The van der Waals surface area contributed by atoms with Gasteiger partial charge in [0, 0.05) is 17.4 Å². The molecule has 0 radical (unpaired) electrons. The Morgan fingerprint density at radius 2 is 1.69 bits per heavy atom. The quantitative estimate of drug-likeness (QED) is 0.301. The maximum atomic E-state index is 13.2. The molecule has 1 saturated heterocycles. The Balaban J connectivity index is 1.91. The zero-order valence-electron chi connectivity index (χ0n) is 18.7. The molecule has 1 fully saturated rings. The SMILES string of the molecule is COc1ccc(/C(O)=C2\C(=O)C(=O)N(c3ccc(S(N)(=O)=O)cc3)C2c2ccccn2)cc1OC. The Kier molecular flexibility index (Phi) is 6.29. The largest absolute Gasteiger partial charge is 0.507 e. The van der Waals surface area contributed by atoms with Crippen LogP contribution in [0.5, 0.6) is 11.5 Å². The van der Waals surface area contributed by atoms with Crippen LogP contribution in [0.3, 0.4) is 0 Å². The van der Waals surface area contributed by atoms with Gasteiger partial charge in [-0.3, -0.25) is 19.5 Å². The Morgan fingerprint density at radius 1 is 1.00 bits per heavy atom. The monoisotopic (exact) mass is 495 g/mol. The minimum atomic E-state index is -3.96. The predicted octanol–water partition coefficient (Wildman–Crippen LogP) is 2.37. The summed E-state index contributed by atoms with van der Waals surface area (Å²) in [5.74, 6) is -1.53. The summed E-state index contributed by atoms with van der Waals surface area (Å²) in [6.07, 6.45) is 1.50. The zero-order chi connectivity index (χ0) is 25.3. The molecule has 2 heterocycles. The lowest BCUT2D eigenvalue weighted by molar-refractivity contribution is -0.132. The number of carbonyl (C=O) groups is 2. The van der Waals surface area contributed by atoms with Crippen LogP contribution in [0.1, 0.15) is 17.3 Å². The van der Waals surface area contributed by atoms with Crippen molar-refractivity contribution in [2.45, 2.75) is 10.9 Å². The normalized spacial score (nSPS) is 17.5. The summed E-state index contributed by atoms with van der Waals surface area (Å²) >= 11 is 0. The van der Waals surface area contributed by atoms with Crippen LogP contribution in [0.15, 0.2) is 77.3 Å². The number of nitrogens with two attached hydrogens (primary N) is 1. The number of aliphatic hydroxyl groups excluding tert-OH is 1. The first-order valence-electron chi connectivity index (χ1n) is 10.2. The highest BCUT2D eigenvalue weighted by atomic mass is 32.2. The van der Waals surface area contributed by atoms with Gasteiger partial charge in [0.15, 0.2) is 11.5 Å². The molecule has 0 bridgehead atoms. The third-order valence-corrected chi connectivity index (χ3v) is 6.44. The van der Waals surface area contributed by atoms with E-state index in [0.717, 1.165) is 4.90 Å². The van der Waals surface area contributed by atoms with Gasteiger partial charge in [0.25, 0.3) is 11.7 Å². The van der Waals surface area contributed by atoms with Crippen LogP contribution in [0, 0.1) is 0 Å². The first kappa shape index (κ1) is 23.9. The van der Waals surface area contributed by atoms with Crippen LogP contribution in [0.4, 0.5) is 5.69 Å². The molecular weight excluding hydrogens is 474 g/mol. The number of hydrogen-bond donors (Lipinski definition) is 2. The van der Waals surface area contributed by atoms with Gasteiger partial charge in [0.05, 0.1) is 30.4 Å². The molecule has 2 aromatic carbocycles. The minimum Gasteiger partial charge on any atom is -0.507 e. The molecule has 0 spiro atoms. The van der Waals surface area contributed by atoms with Crippen LogP contribution in [0.2, 0.25) is 0 Å². The number of Topliss-reactive ketones (excluding diaryl/α,β-unsaturated/α-hetero) is 1. The summed E-state index contributed by atoms with van der Waals surface area (Å²) in [5.41, 5.74) is 0.591. The third kappa shape index (κ3) is 4.34. The fourth-order valence-electron chi connectivity index (χ4n) is 3.85. The summed E-state index contributed by atoms with van der Waals surface area (Å²) in [7, 11) is -1.07. The number of hydrogen-bond acceptors (Lipinski definition) is 8. The Labute approximate surface area is 201 Å². The summed E-state index contributed by atoms with van der Waals surface area (Å²) in [6.45, 7) is 0. The van der Waals surface area contributed by atoms with Crippen molar-refractivity contribution in [1.29, 1.82) is 0 Å². The van der Waals surface area contributed by atoms with E-state index in [1.165, 1.54) is 56.8 Å². The molecule has 1 aliphatic rings. The molecule has 11 heteroatoms. The average molecular weight is 496 g/mol. The number of aliphatic hydroxyl groups is 1. The highest BCUT2D eigenvalue weighted by Gasteiger charge is 2.47. The molecule has 0 saturated carbocycles. The molecule has 35 heavy (non-hydrogen) atoms. The number of carbonyl (C=O) groups excluding carboxylic acids is 2.